The molecule has 2 rings (SSSR count). The summed E-state index contributed by atoms with van der Waals surface area (Å²) in [6.45, 7) is 10.8. The molecule has 0 bridgehead atoms. The van der Waals surface area contributed by atoms with Crippen molar-refractivity contribution in [2.45, 2.75) is 53.0 Å². The van der Waals surface area contributed by atoms with Crippen LogP contribution in [0.15, 0.2) is 10.7 Å². The molecule has 1 fully saturated rings. The molecule has 1 aromatic rings. The highest BCUT2D eigenvalue weighted by molar-refractivity contribution is 5.27. The summed E-state index contributed by atoms with van der Waals surface area (Å²) in [7, 11) is 0. The standard InChI is InChI=1S/C16H29N3O/c1-4-8-17-11-15-12-20-16(18-15)19-9-5-6-14(7-10-19)13(2)3/h12-14,17H,4-11H2,1-3H3. The van der Waals surface area contributed by atoms with Crippen molar-refractivity contribution in [2.24, 2.45) is 11.8 Å². The second-order valence-corrected chi connectivity index (χ2v) is 6.22. The molecule has 4 heteroatoms. The van der Waals surface area contributed by atoms with Crippen LogP contribution in [-0.4, -0.2) is 24.6 Å². The van der Waals surface area contributed by atoms with E-state index in [4.69, 9.17) is 4.42 Å². The van der Waals surface area contributed by atoms with E-state index in [0.29, 0.717) is 0 Å². The second-order valence-electron chi connectivity index (χ2n) is 6.22. The van der Waals surface area contributed by atoms with Crippen LogP contribution in [0.4, 0.5) is 6.01 Å². The number of hydrogen-bond donors (Lipinski definition) is 1. The zero-order valence-electron chi connectivity index (χ0n) is 13.2. The molecular weight excluding hydrogens is 250 g/mol. The zero-order chi connectivity index (χ0) is 14.4. The molecule has 0 aliphatic carbocycles. The molecule has 20 heavy (non-hydrogen) atoms. The fraction of sp³-hybridized carbons (Fsp3) is 0.812. The third kappa shape index (κ3) is 4.23. The second kappa shape index (κ2) is 7.67. The van der Waals surface area contributed by atoms with Gasteiger partial charge >= 0.3 is 0 Å². The highest BCUT2D eigenvalue weighted by atomic mass is 16.4. The summed E-state index contributed by atoms with van der Waals surface area (Å²) in [6, 6.07) is 0.808. The lowest BCUT2D eigenvalue weighted by molar-refractivity contribution is 0.351. The number of aromatic nitrogens is 1. The van der Waals surface area contributed by atoms with Crippen LogP contribution >= 0.6 is 0 Å². The van der Waals surface area contributed by atoms with Gasteiger partial charge in [-0.1, -0.05) is 20.8 Å². The first-order valence-electron chi connectivity index (χ1n) is 8.10. The third-order valence-corrected chi connectivity index (χ3v) is 4.26. The Labute approximate surface area is 122 Å². The monoisotopic (exact) mass is 279 g/mol. The summed E-state index contributed by atoms with van der Waals surface area (Å²) in [6.07, 6.45) is 6.77. The molecule has 1 unspecified atom stereocenters. The first-order chi connectivity index (χ1) is 9.70. The number of nitrogens with zero attached hydrogens (tertiary/aromatic N) is 2. The zero-order valence-corrected chi connectivity index (χ0v) is 13.2. The van der Waals surface area contributed by atoms with Gasteiger partial charge in [0.15, 0.2) is 0 Å². The molecule has 1 aliphatic rings. The number of oxazole rings is 1. The molecule has 1 saturated heterocycles. The first kappa shape index (κ1) is 15.4. The lowest BCUT2D eigenvalue weighted by Gasteiger charge is -2.19. The predicted octanol–water partition coefficient (Wildman–Crippen LogP) is 3.44. The van der Waals surface area contributed by atoms with Crippen molar-refractivity contribution in [3.05, 3.63) is 12.0 Å². The molecule has 1 N–H and O–H groups in total. The van der Waals surface area contributed by atoms with E-state index in [9.17, 15) is 0 Å². The highest BCUT2D eigenvalue weighted by Crippen LogP contribution is 2.26. The molecule has 4 nitrogen and oxygen atoms in total. The van der Waals surface area contributed by atoms with Crippen molar-refractivity contribution in [3.63, 3.8) is 0 Å². The van der Waals surface area contributed by atoms with Gasteiger partial charge < -0.3 is 14.6 Å². The summed E-state index contributed by atoms with van der Waals surface area (Å²) < 4.78 is 5.66. The molecule has 0 aromatic carbocycles. The summed E-state index contributed by atoms with van der Waals surface area (Å²) in [5.74, 6) is 1.63. The third-order valence-electron chi connectivity index (χ3n) is 4.26. The van der Waals surface area contributed by atoms with Gasteiger partial charge in [-0.25, -0.2) is 0 Å². The fourth-order valence-corrected chi connectivity index (χ4v) is 2.90. The Hall–Kier alpha value is -1.03. The van der Waals surface area contributed by atoms with Crippen LogP contribution in [0, 0.1) is 11.8 Å². The van der Waals surface area contributed by atoms with Crippen LogP contribution in [0.25, 0.3) is 0 Å². The van der Waals surface area contributed by atoms with Gasteiger partial charge in [0, 0.05) is 19.6 Å². The largest absolute Gasteiger partial charge is 0.432 e. The first-order valence-corrected chi connectivity index (χ1v) is 8.10. The lowest BCUT2D eigenvalue weighted by Crippen LogP contribution is -2.25. The van der Waals surface area contributed by atoms with Crippen molar-refractivity contribution in [2.75, 3.05) is 24.5 Å². The van der Waals surface area contributed by atoms with E-state index in [-0.39, 0.29) is 0 Å². The van der Waals surface area contributed by atoms with Crippen LogP contribution < -0.4 is 10.2 Å². The Morgan fingerprint density at radius 3 is 3.00 bits per heavy atom. The Bertz CT molecular complexity index is 389. The fourth-order valence-electron chi connectivity index (χ4n) is 2.90. The lowest BCUT2D eigenvalue weighted by atomic mass is 9.89. The Balaban J connectivity index is 1.88. The molecule has 1 aliphatic heterocycles. The number of rotatable bonds is 6. The average molecular weight is 279 g/mol. The minimum atomic E-state index is 0.785. The van der Waals surface area contributed by atoms with Crippen molar-refractivity contribution < 1.29 is 4.42 Å². The molecular formula is C16H29N3O. The van der Waals surface area contributed by atoms with Gasteiger partial charge in [0.25, 0.3) is 6.01 Å². The van der Waals surface area contributed by atoms with Crippen LogP contribution in [0.2, 0.25) is 0 Å². The van der Waals surface area contributed by atoms with E-state index in [0.717, 1.165) is 56.1 Å². The van der Waals surface area contributed by atoms with Gasteiger partial charge in [-0.15, -0.1) is 0 Å². The van der Waals surface area contributed by atoms with Crippen molar-refractivity contribution in [3.8, 4) is 0 Å². The molecule has 0 radical (unpaired) electrons. The van der Waals surface area contributed by atoms with Gasteiger partial charge in [-0.2, -0.15) is 4.98 Å². The maximum absolute atomic E-state index is 5.66. The molecule has 114 valence electrons. The Morgan fingerprint density at radius 2 is 2.25 bits per heavy atom. The van der Waals surface area contributed by atoms with Gasteiger partial charge in [-0.05, 0) is 44.1 Å². The summed E-state index contributed by atoms with van der Waals surface area (Å²) in [4.78, 5) is 6.93. The molecule has 0 amide bonds. The van der Waals surface area contributed by atoms with E-state index in [2.05, 4.69) is 36.0 Å². The van der Waals surface area contributed by atoms with Crippen molar-refractivity contribution in [1.29, 1.82) is 0 Å². The van der Waals surface area contributed by atoms with Crippen LogP contribution in [0.5, 0.6) is 0 Å². The maximum atomic E-state index is 5.66. The number of hydrogen-bond acceptors (Lipinski definition) is 4. The molecule has 0 spiro atoms. The maximum Gasteiger partial charge on any atom is 0.297 e. The smallest absolute Gasteiger partial charge is 0.297 e. The molecule has 1 atom stereocenters. The Kier molecular flexibility index (Phi) is 5.89. The highest BCUT2D eigenvalue weighted by Gasteiger charge is 2.21. The van der Waals surface area contributed by atoms with E-state index in [1.165, 1.54) is 19.3 Å². The van der Waals surface area contributed by atoms with Gasteiger partial charge in [0.05, 0.1) is 5.69 Å². The molecule has 1 aromatic heterocycles. The van der Waals surface area contributed by atoms with Crippen molar-refractivity contribution in [1.82, 2.24) is 10.3 Å². The molecule has 2 heterocycles. The van der Waals surface area contributed by atoms with Gasteiger partial charge in [0.2, 0.25) is 0 Å². The van der Waals surface area contributed by atoms with E-state index in [1.807, 2.05) is 0 Å². The average Bonchev–Trinajstić information content (AvgIpc) is 2.75. The van der Waals surface area contributed by atoms with Gasteiger partial charge in [0.1, 0.15) is 6.26 Å². The molecule has 0 saturated carbocycles. The van der Waals surface area contributed by atoms with E-state index >= 15 is 0 Å². The van der Waals surface area contributed by atoms with Gasteiger partial charge in [-0.3, -0.25) is 0 Å². The van der Waals surface area contributed by atoms with Crippen LogP contribution in [0.3, 0.4) is 0 Å². The van der Waals surface area contributed by atoms with E-state index in [1.54, 1.807) is 6.26 Å². The minimum Gasteiger partial charge on any atom is -0.432 e. The SMILES string of the molecule is CCCNCc1coc(N2CCCC(C(C)C)CC2)n1. The Morgan fingerprint density at radius 1 is 1.40 bits per heavy atom. The summed E-state index contributed by atoms with van der Waals surface area (Å²) in [5.41, 5.74) is 1.01. The van der Waals surface area contributed by atoms with Crippen LogP contribution in [-0.2, 0) is 6.54 Å². The predicted molar refractivity (Wildman–Crippen MR) is 82.9 cm³/mol. The summed E-state index contributed by atoms with van der Waals surface area (Å²) in [5, 5.41) is 3.36. The van der Waals surface area contributed by atoms with Crippen molar-refractivity contribution >= 4 is 6.01 Å². The normalized spacial score (nSPS) is 20.4. The minimum absolute atomic E-state index is 0.785. The van der Waals surface area contributed by atoms with E-state index < -0.39 is 0 Å². The van der Waals surface area contributed by atoms with Crippen LogP contribution in [0.1, 0.15) is 52.1 Å². The summed E-state index contributed by atoms with van der Waals surface area (Å²) >= 11 is 0. The topological polar surface area (TPSA) is 41.3 Å². The number of nitrogens with one attached hydrogen (secondary N) is 1. The number of anilines is 1. The quantitative estimate of drug-likeness (QED) is 0.810.